The van der Waals surface area contributed by atoms with Crippen LogP contribution in [0.2, 0.25) is 0 Å². The first kappa shape index (κ1) is 13.5. The molecule has 0 saturated carbocycles. The van der Waals surface area contributed by atoms with Gasteiger partial charge in [0.05, 0.1) is 11.6 Å². The van der Waals surface area contributed by atoms with E-state index in [9.17, 15) is 0 Å². The lowest BCUT2D eigenvalue weighted by atomic mass is 10.0. The molecule has 1 unspecified atom stereocenters. The fraction of sp³-hybridized carbons (Fsp3) is 0.538. The summed E-state index contributed by atoms with van der Waals surface area (Å²) in [5, 5.41) is 3.37. The van der Waals surface area contributed by atoms with E-state index in [1.165, 1.54) is 5.56 Å². The molecule has 0 fully saturated rings. The van der Waals surface area contributed by atoms with Crippen molar-refractivity contribution in [2.24, 2.45) is 5.92 Å². The molecule has 3 heteroatoms. The predicted molar refractivity (Wildman–Crippen MR) is 72.1 cm³/mol. The molecule has 1 N–H and O–H groups in total. The Kier molecular flexibility index (Phi) is 5.85. The van der Waals surface area contributed by atoms with Crippen LogP contribution >= 0.6 is 15.9 Å². The number of benzene rings is 1. The fourth-order valence-corrected chi connectivity index (χ4v) is 2.29. The van der Waals surface area contributed by atoms with E-state index in [4.69, 9.17) is 4.74 Å². The van der Waals surface area contributed by atoms with E-state index in [-0.39, 0.29) is 0 Å². The van der Waals surface area contributed by atoms with Crippen molar-refractivity contribution in [2.45, 2.75) is 20.3 Å². The molecule has 0 aromatic heterocycles. The lowest BCUT2D eigenvalue weighted by Crippen LogP contribution is -2.21. The highest BCUT2D eigenvalue weighted by molar-refractivity contribution is 9.10. The van der Waals surface area contributed by atoms with Crippen molar-refractivity contribution in [1.82, 2.24) is 5.32 Å². The van der Waals surface area contributed by atoms with Crippen molar-refractivity contribution in [1.29, 1.82) is 0 Å². The summed E-state index contributed by atoms with van der Waals surface area (Å²) in [6, 6.07) is 6.28. The van der Waals surface area contributed by atoms with Crippen molar-refractivity contribution in [3.8, 4) is 5.75 Å². The zero-order valence-corrected chi connectivity index (χ0v) is 11.8. The van der Waals surface area contributed by atoms with Crippen LogP contribution in [0.1, 0.15) is 19.4 Å². The van der Waals surface area contributed by atoms with Gasteiger partial charge in [0.15, 0.2) is 0 Å². The Morgan fingerprint density at radius 2 is 2.19 bits per heavy atom. The SMILES string of the molecule is CCNCC(C)Cc1ccc(OC)c(Br)c1. The molecule has 2 nitrogen and oxygen atoms in total. The van der Waals surface area contributed by atoms with Crippen LogP contribution in [0.4, 0.5) is 0 Å². The van der Waals surface area contributed by atoms with Crippen LogP contribution in [-0.4, -0.2) is 20.2 Å². The lowest BCUT2D eigenvalue weighted by molar-refractivity contribution is 0.411. The molecule has 0 saturated heterocycles. The number of nitrogens with one attached hydrogen (secondary N) is 1. The Morgan fingerprint density at radius 3 is 2.75 bits per heavy atom. The first-order valence-electron chi connectivity index (χ1n) is 5.70. The molecule has 0 aliphatic rings. The Balaban J connectivity index is 2.57. The van der Waals surface area contributed by atoms with Crippen molar-refractivity contribution < 1.29 is 4.74 Å². The van der Waals surface area contributed by atoms with Crippen LogP contribution in [0, 0.1) is 5.92 Å². The molecule has 0 spiro atoms. The third-order valence-corrected chi connectivity index (χ3v) is 3.16. The topological polar surface area (TPSA) is 21.3 Å². The number of methoxy groups -OCH3 is 1. The predicted octanol–water partition coefficient (Wildman–Crippen LogP) is 3.25. The van der Waals surface area contributed by atoms with Crippen molar-refractivity contribution in [3.63, 3.8) is 0 Å². The summed E-state index contributed by atoms with van der Waals surface area (Å²) in [4.78, 5) is 0. The average molecular weight is 286 g/mol. The maximum absolute atomic E-state index is 5.21. The molecule has 90 valence electrons. The minimum Gasteiger partial charge on any atom is -0.496 e. The van der Waals surface area contributed by atoms with Gasteiger partial charge in [0.1, 0.15) is 5.75 Å². The van der Waals surface area contributed by atoms with E-state index in [2.05, 4.69) is 47.2 Å². The van der Waals surface area contributed by atoms with E-state index < -0.39 is 0 Å². The summed E-state index contributed by atoms with van der Waals surface area (Å²) in [7, 11) is 1.69. The normalized spacial score (nSPS) is 12.5. The summed E-state index contributed by atoms with van der Waals surface area (Å²) >= 11 is 3.51. The van der Waals surface area contributed by atoms with Crippen LogP contribution in [0.3, 0.4) is 0 Å². The van der Waals surface area contributed by atoms with Gasteiger partial charge < -0.3 is 10.1 Å². The number of hydrogen-bond donors (Lipinski definition) is 1. The molecule has 1 aromatic rings. The molecule has 0 aliphatic carbocycles. The molecule has 1 aromatic carbocycles. The van der Waals surface area contributed by atoms with E-state index in [0.29, 0.717) is 5.92 Å². The van der Waals surface area contributed by atoms with Gasteiger partial charge in [-0.2, -0.15) is 0 Å². The monoisotopic (exact) mass is 285 g/mol. The molecule has 0 aliphatic heterocycles. The minimum atomic E-state index is 0.653. The molecule has 0 amide bonds. The third kappa shape index (κ3) is 4.14. The molecule has 0 bridgehead atoms. The summed E-state index contributed by atoms with van der Waals surface area (Å²) in [5.74, 6) is 1.54. The number of hydrogen-bond acceptors (Lipinski definition) is 2. The van der Waals surface area contributed by atoms with Gasteiger partial charge in [-0.3, -0.25) is 0 Å². The second-order valence-corrected chi connectivity index (χ2v) is 4.94. The molecule has 16 heavy (non-hydrogen) atoms. The van der Waals surface area contributed by atoms with Crippen molar-refractivity contribution in [3.05, 3.63) is 28.2 Å². The van der Waals surface area contributed by atoms with E-state index >= 15 is 0 Å². The average Bonchev–Trinajstić information content (AvgIpc) is 2.26. The van der Waals surface area contributed by atoms with Crippen molar-refractivity contribution >= 4 is 15.9 Å². The fourth-order valence-electron chi connectivity index (χ4n) is 1.70. The van der Waals surface area contributed by atoms with Crippen LogP contribution in [-0.2, 0) is 6.42 Å². The smallest absolute Gasteiger partial charge is 0.133 e. The first-order valence-corrected chi connectivity index (χ1v) is 6.49. The van der Waals surface area contributed by atoms with Gasteiger partial charge in [-0.05, 0) is 59.1 Å². The molecule has 1 atom stereocenters. The van der Waals surface area contributed by atoms with E-state index in [1.807, 2.05) is 6.07 Å². The third-order valence-electron chi connectivity index (χ3n) is 2.54. The van der Waals surface area contributed by atoms with Crippen LogP contribution in [0.15, 0.2) is 22.7 Å². The highest BCUT2D eigenvalue weighted by Gasteiger charge is 2.05. The Morgan fingerprint density at radius 1 is 1.44 bits per heavy atom. The molecule has 0 radical (unpaired) electrons. The van der Waals surface area contributed by atoms with Gasteiger partial charge in [0.2, 0.25) is 0 Å². The maximum Gasteiger partial charge on any atom is 0.133 e. The standard InChI is InChI=1S/C13H20BrNO/c1-4-15-9-10(2)7-11-5-6-13(16-3)12(14)8-11/h5-6,8,10,15H,4,7,9H2,1-3H3. The molecular formula is C13H20BrNO. The maximum atomic E-state index is 5.21. The quantitative estimate of drug-likeness (QED) is 0.866. The van der Waals surface area contributed by atoms with Gasteiger partial charge in [0, 0.05) is 0 Å². The van der Waals surface area contributed by atoms with Crippen molar-refractivity contribution in [2.75, 3.05) is 20.2 Å². The van der Waals surface area contributed by atoms with Crippen LogP contribution < -0.4 is 10.1 Å². The van der Waals surface area contributed by atoms with Crippen LogP contribution in [0.25, 0.3) is 0 Å². The number of halogens is 1. The second-order valence-electron chi connectivity index (χ2n) is 4.09. The Bertz CT molecular complexity index is 328. The number of ether oxygens (including phenoxy) is 1. The Hall–Kier alpha value is -0.540. The van der Waals surface area contributed by atoms with Crippen LogP contribution in [0.5, 0.6) is 5.75 Å². The van der Waals surface area contributed by atoms with Gasteiger partial charge in [-0.15, -0.1) is 0 Å². The van der Waals surface area contributed by atoms with Gasteiger partial charge in [-0.1, -0.05) is 19.9 Å². The molecule has 0 heterocycles. The summed E-state index contributed by atoms with van der Waals surface area (Å²) < 4.78 is 6.24. The summed E-state index contributed by atoms with van der Waals surface area (Å²) in [5.41, 5.74) is 1.35. The van der Waals surface area contributed by atoms with Gasteiger partial charge >= 0.3 is 0 Å². The highest BCUT2D eigenvalue weighted by Crippen LogP contribution is 2.26. The van der Waals surface area contributed by atoms with Gasteiger partial charge in [0.25, 0.3) is 0 Å². The number of rotatable bonds is 6. The minimum absolute atomic E-state index is 0.653. The van der Waals surface area contributed by atoms with Gasteiger partial charge in [-0.25, -0.2) is 0 Å². The second kappa shape index (κ2) is 6.92. The molecule has 1 rings (SSSR count). The largest absolute Gasteiger partial charge is 0.496 e. The van der Waals surface area contributed by atoms with E-state index in [0.717, 1.165) is 29.7 Å². The Labute approximate surface area is 107 Å². The molecular weight excluding hydrogens is 266 g/mol. The summed E-state index contributed by atoms with van der Waals surface area (Å²) in [6.45, 7) is 6.51. The van der Waals surface area contributed by atoms with E-state index in [1.54, 1.807) is 7.11 Å². The zero-order chi connectivity index (χ0) is 12.0. The first-order chi connectivity index (χ1) is 7.67. The zero-order valence-electron chi connectivity index (χ0n) is 10.2. The lowest BCUT2D eigenvalue weighted by Gasteiger charge is -2.12. The summed E-state index contributed by atoms with van der Waals surface area (Å²) in [6.07, 6.45) is 1.09. The highest BCUT2D eigenvalue weighted by atomic mass is 79.9.